The van der Waals surface area contributed by atoms with Gasteiger partial charge < -0.3 is 10.2 Å². The zero-order valence-electron chi connectivity index (χ0n) is 12.0. The maximum Gasteiger partial charge on any atom is 0.224 e. The highest BCUT2D eigenvalue weighted by atomic mass is 15.3. The fourth-order valence-corrected chi connectivity index (χ4v) is 2.01. The molecule has 0 saturated carbocycles. The van der Waals surface area contributed by atoms with E-state index in [9.17, 15) is 0 Å². The largest absolute Gasteiger partial charge is 0.378 e. The number of benzene rings is 1. The fraction of sp³-hybridized carbons (Fsp3) is 0.429. The molecule has 2 rings (SSSR count). The van der Waals surface area contributed by atoms with Gasteiger partial charge in [0.15, 0.2) is 5.82 Å². The van der Waals surface area contributed by atoms with E-state index in [1.807, 2.05) is 14.1 Å². The van der Waals surface area contributed by atoms with Gasteiger partial charge in [0, 0.05) is 38.4 Å². The summed E-state index contributed by atoms with van der Waals surface area (Å²) in [5.74, 6) is 1.74. The van der Waals surface area contributed by atoms with Crippen LogP contribution in [-0.2, 0) is 6.54 Å². The summed E-state index contributed by atoms with van der Waals surface area (Å²) in [6, 6.07) is 8.36. The standard InChI is InChI=1S/C14H21N5/c1-5-15-14-17-16-13(19(14)6-2)11-7-9-12(10-8-11)18(3)4/h7-10H,5-6H2,1-4H3,(H,15,17). The fourth-order valence-electron chi connectivity index (χ4n) is 2.01. The Morgan fingerprint density at radius 1 is 1.11 bits per heavy atom. The van der Waals surface area contributed by atoms with E-state index >= 15 is 0 Å². The predicted octanol–water partition coefficient (Wildman–Crippen LogP) is 2.46. The highest BCUT2D eigenvalue weighted by Gasteiger charge is 2.11. The Morgan fingerprint density at radius 3 is 2.32 bits per heavy atom. The molecule has 1 aromatic carbocycles. The van der Waals surface area contributed by atoms with E-state index in [4.69, 9.17) is 0 Å². The molecule has 0 unspecified atom stereocenters. The van der Waals surface area contributed by atoms with Gasteiger partial charge in [0.2, 0.25) is 5.95 Å². The first-order chi connectivity index (χ1) is 9.17. The van der Waals surface area contributed by atoms with Crippen molar-refractivity contribution in [3.63, 3.8) is 0 Å². The van der Waals surface area contributed by atoms with Gasteiger partial charge in [-0.1, -0.05) is 0 Å². The zero-order chi connectivity index (χ0) is 13.8. The number of nitrogens with one attached hydrogen (secondary N) is 1. The number of rotatable bonds is 5. The molecule has 0 amide bonds. The van der Waals surface area contributed by atoms with Crippen LogP contribution in [-0.4, -0.2) is 35.4 Å². The summed E-state index contributed by atoms with van der Waals surface area (Å²) in [5, 5.41) is 11.7. The van der Waals surface area contributed by atoms with Gasteiger partial charge in [0.1, 0.15) is 0 Å². The summed E-state index contributed by atoms with van der Waals surface area (Å²) in [6.07, 6.45) is 0. The van der Waals surface area contributed by atoms with Crippen LogP contribution in [0.2, 0.25) is 0 Å². The second-order valence-electron chi connectivity index (χ2n) is 4.56. The number of nitrogens with zero attached hydrogens (tertiary/aromatic N) is 4. The minimum Gasteiger partial charge on any atom is -0.378 e. The van der Waals surface area contributed by atoms with E-state index < -0.39 is 0 Å². The normalized spacial score (nSPS) is 10.5. The highest BCUT2D eigenvalue weighted by Crippen LogP contribution is 2.23. The number of aromatic nitrogens is 3. The molecule has 0 radical (unpaired) electrons. The Morgan fingerprint density at radius 2 is 1.79 bits per heavy atom. The van der Waals surface area contributed by atoms with Crippen LogP contribution in [0.5, 0.6) is 0 Å². The lowest BCUT2D eigenvalue weighted by molar-refractivity contribution is 0.770. The molecular formula is C14H21N5. The summed E-state index contributed by atoms with van der Waals surface area (Å²) in [7, 11) is 4.07. The van der Waals surface area contributed by atoms with Crippen molar-refractivity contribution < 1.29 is 0 Å². The van der Waals surface area contributed by atoms with Crippen LogP contribution in [0.3, 0.4) is 0 Å². The summed E-state index contributed by atoms with van der Waals surface area (Å²) in [5.41, 5.74) is 2.27. The Labute approximate surface area is 114 Å². The molecule has 19 heavy (non-hydrogen) atoms. The maximum atomic E-state index is 4.29. The SMILES string of the molecule is CCNc1nnc(-c2ccc(N(C)C)cc2)n1CC. The average molecular weight is 259 g/mol. The quantitative estimate of drug-likeness (QED) is 0.896. The van der Waals surface area contributed by atoms with Crippen LogP contribution in [0.1, 0.15) is 13.8 Å². The van der Waals surface area contributed by atoms with Crippen molar-refractivity contribution in [2.45, 2.75) is 20.4 Å². The summed E-state index contributed by atoms with van der Waals surface area (Å²) in [6.45, 7) is 5.85. The maximum absolute atomic E-state index is 4.29. The molecule has 0 atom stereocenters. The third kappa shape index (κ3) is 2.70. The van der Waals surface area contributed by atoms with Gasteiger partial charge in [-0.2, -0.15) is 0 Å². The second-order valence-corrected chi connectivity index (χ2v) is 4.56. The van der Waals surface area contributed by atoms with Gasteiger partial charge >= 0.3 is 0 Å². The van der Waals surface area contributed by atoms with Crippen molar-refractivity contribution in [3.8, 4) is 11.4 Å². The van der Waals surface area contributed by atoms with Crippen molar-refractivity contribution in [2.75, 3.05) is 30.9 Å². The Balaban J connectivity index is 2.35. The number of hydrogen-bond acceptors (Lipinski definition) is 4. The smallest absolute Gasteiger partial charge is 0.224 e. The van der Waals surface area contributed by atoms with Crippen molar-refractivity contribution in [1.29, 1.82) is 0 Å². The van der Waals surface area contributed by atoms with E-state index in [-0.39, 0.29) is 0 Å². The second kappa shape index (κ2) is 5.73. The highest BCUT2D eigenvalue weighted by molar-refractivity contribution is 5.61. The zero-order valence-corrected chi connectivity index (χ0v) is 12.0. The van der Waals surface area contributed by atoms with E-state index in [0.717, 1.165) is 30.4 Å². The third-order valence-electron chi connectivity index (χ3n) is 3.04. The Bertz CT molecular complexity index is 527. The van der Waals surface area contributed by atoms with Gasteiger partial charge in [0.25, 0.3) is 0 Å². The minimum absolute atomic E-state index is 0.830. The molecule has 0 bridgehead atoms. The van der Waals surface area contributed by atoms with Gasteiger partial charge in [-0.3, -0.25) is 4.57 Å². The van der Waals surface area contributed by atoms with Crippen LogP contribution in [0.15, 0.2) is 24.3 Å². The molecule has 1 aromatic heterocycles. The molecule has 0 aliphatic carbocycles. The molecule has 1 N–H and O–H groups in total. The van der Waals surface area contributed by atoms with Crippen molar-refractivity contribution in [3.05, 3.63) is 24.3 Å². The first-order valence-electron chi connectivity index (χ1n) is 6.62. The van der Waals surface area contributed by atoms with Crippen LogP contribution >= 0.6 is 0 Å². The van der Waals surface area contributed by atoms with Gasteiger partial charge in [-0.25, -0.2) is 0 Å². The summed E-state index contributed by atoms with van der Waals surface area (Å²) >= 11 is 0. The molecule has 5 heteroatoms. The molecule has 0 fully saturated rings. The first kappa shape index (κ1) is 13.4. The van der Waals surface area contributed by atoms with Crippen LogP contribution in [0.4, 0.5) is 11.6 Å². The van der Waals surface area contributed by atoms with Crippen LogP contribution < -0.4 is 10.2 Å². The van der Waals surface area contributed by atoms with Crippen molar-refractivity contribution in [2.24, 2.45) is 0 Å². The van der Waals surface area contributed by atoms with Gasteiger partial charge in [0.05, 0.1) is 0 Å². The van der Waals surface area contributed by atoms with Crippen LogP contribution in [0, 0.1) is 0 Å². The van der Waals surface area contributed by atoms with E-state index in [2.05, 4.69) is 63.1 Å². The molecule has 102 valence electrons. The van der Waals surface area contributed by atoms with Gasteiger partial charge in [-0.15, -0.1) is 10.2 Å². The molecule has 0 spiro atoms. The molecule has 0 saturated heterocycles. The molecule has 5 nitrogen and oxygen atoms in total. The lowest BCUT2D eigenvalue weighted by atomic mass is 10.2. The minimum atomic E-state index is 0.830. The molecule has 0 aliphatic heterocycles. The molecule has 1 heterocycles. The van der Waals surface area contributed by atoms with E-state index in [1.165, 1.54) is 5.69 Å². The van der Waals surface area contributed by atoms with Crippen molar-refractivity contribution in [1.82, 2.24) is 14.8 Å². The number of anilines is 2. The van der Waals surface area contributed by atoms with Gasteiger partial charge in [-0.05, 0) is 38.1 Å². The van der Waals surface area contributed by atoms with Crippen LogP contribution in [0.25, 0.3) is 11.4 Å². The monoisotopic (exact) mass is 259 g/mol. The summed E-state index contributed by atoms with van der Waals surface area (Å²) in [4.78, 5) is 2.08. The molecular weight excluding hydrogens is 238 g/mol. The average Bonchev–Trinajstić information content (AvgIpc) is 2.82. The number of hydrogen-bond donors (Lipinski definition) is 1. The topological polar surface area (TPSA) is 46.0 Å². The van der Waals surface area contributed by atoms with E-state index in [0.29, 0.717) is 0 Å². The summed E-state index contributed by atoms with van der Waals surface area (Å²) < 4.78 is 2.09. The third-order valence-corrected chi connectivity index (χ3v) is 3.04. The van der Waals surface area contributed by atoms with Crippen molar-refractivity contribution >= 4 is 11.6 Å². The first-order valence-corrected chi connectivity index (χ1v) is 6.62. The molecule has 2 aromatic rings. The predicted molar refractivity (Wildman–Crippen MR) is 79.6 cm³/mol. The van der Waals surface area contributed by atoms with E-state index in [1.54, 1.807) is 0 Å². The lowest BCUT2D eigenvalue weighted by Crippen LogP contribution is -2.08. The molecule has 0 aliphatic rings. The Hall–Kier alpha value is -2.04. The Kier molecular flexibility index (Phi) is 4.04. The lowest BCUT2D eigenvalue weighted by Gasteiger charge is -2.13.